The third kappa shape index (κ3) is 7.02. The lowest BCUT2D eigenvalue weighted by Gasteiger charge is -2.21. The van der Waals surface area contributed by atoms with Crippen molar-refractivity contribution in [2.24, 2.45) is 0 Å². The van der Waals surface area contributed by atoms with Crippen LogP contribution in [-0.4, -0.2) is 38.8 Å². The molecule has 0 bridgehead atoms. The Morgan fingerprint density at radius 3 is 2.15 bits per heavy atom. The van der Waals surface area contributed by atoms with E-state index in [9.17, 15) is 0 Å². The normalized spacial score (nSPS) is 21.6. The van der Waals surface area contributed by atoms with Crippen LogP contribution >= 0.6 is 0 Å². The van der Waals surface area contributed by atoms with Gasteiger partial charge in [-0.1, -0.05) is 32.1 Å². The van der Waals surface area contributed by atoms with Crippen LogP contribution in [0.1, 0.15) is 57.8 Å². The Morgan fingerprint density at radius 2 is 1.40 bits per heavy atom. The molecule has 0 N–H and O–H groups in total. The van der Waals surface area contributed by atoms with Gasteiger partial charge in [-0.3, -0.25) is 0 Å². The highest BCUT2D eigenvalue weighted by molar-refractivity contribution is 4.66. The first-order valence-electron chi connectivity index (χ1n) is 8.19. The van der Waals surface area contributed by atoms with Crippen LogP contribution in [0.3, 0.4) is 0 Å². The molecule has 0 aromatic rings. The Hall–Kier alpha value is -0.160. The molecule has 0 spiro atoms. The van der Waals surface area contributed by atoms with Crippen molar-refractivity contribution in [2.75, 3.05) is 26.6 Å². The summed E-state index contributed by atoms with van der Waals surface area (Å²) in [6.45, 7) is 3.85. The summed E-state index contributed by atoms with van der Waals surface area (Å²) >= 11 is 0. The molecule has 20 heavy (non-hydrogen) atoms. The van der Waals surface area contributed by atoms with E-state index in [1.54, 1.807) is 6.61 Å². The maximum absolute atomic E-state index is 5.70. The number of hydrogen-bond donors (Lipinski definition) is 0. The van der Waals surface area contributed by atoms with Gasteiger partial charge < -0.3 is 18.9 Å². The van der Waals surface area contributed by atoms with Gasteiger partial charge in [0, 0.05) is 0 Å². The van der Waals surface area contributed by atoms with E-state index in [0.717, 1.165) is 0 Å². The van der Waals surface area contributed by atoms with Crippen molar-refractivity contribution < 1.29 is 18.9 Å². The highest BCUT2D eigenvalue weighted by Gasteiger charge is 2.15. The highest BCUT2D eigenvalue weighted by atomic mass is 16.7. The summed E-state index contributed by atoms with van der Waals surface area (Å²) in [5, 5.41) is 0. The fraction of sp³-hybridized carbons (Fsp3) is 0.938. The molecule has 4 heteroatoms. The second-order valence-corrected chi connectivity index (χ2v) is 5.73. The fourth-order valence-corrected chi connectivity index (χ4v) is 2.92. The summed E-state index contributed by atoms with van der Waals surface area (Å²) in [7, 11) is 0. The second kappa shape index (κ2) is 10.6. The van der Waals surface area contributed by atoms with Crippen molar-refractivity contribution in [1.82, 2.24) is 0 Å². The lowest BCUT2D eigenvalue weighted by Crippen LogP contribution is -2.18. The Morgan fingerprint density at radius 1 is 0.750 bits per heavy atom. The van der Waals surface area contributed by atoms with Crippen molar-refractivity contribution in [1.29, 1.82) is 0 Å². The summed E-state index contributed by atoms with van der Waals surface area (Å²) in [4.78, 5) is 0. The molecule has 0 unspecified atom stereocenters. The molecule has 0 aromatic heterocycles. The number of hydrogen-bond acceptors (Lipinski definition) is 4. The molecule has 117 valence electrons. The summed E-state index contributed by atoms with van der Waals surface area (Å²) in [5.41, 5.74) is 0. The summed E-state index contributed by atoms with van der Waals surface area (Å²) in [5.74, 6) is 0. The average molecular weight is 285 g/mol. The zero-order valence-corrected chi connectivity index (χ0v) is 12.6. The molecule has 4 nitrogen and oxygen atoms in total. The minimum atomic E-state index is 0.378. The molecular formula is C16H29O4. The maximum Gasteiger partial charge on any atom is 0.147 e. The van der Waals surface area contributed by atoms with Crippen molar-refractivity contribution in [3.63, 3.8) is 0 Å². The van der Waals surface area contributed by atoms with Gasteiger partial charge in [0.2, 0.25) is 0 Å². The third-order valence-electron chi connectivity index (χ3n) is 4.10. The molecule has 0 heterocycles. The average Bonchev–Trinajstić information content (AvgIpc) is 3.00. The molecule has 0 amide bonds. The first-order chi connectivity index (χ1) is 9.95. The lowest BCUT2D eigenvalue weighted by atomic mass is 9.98. The molecule has 2 aliphatic rings. The Balaban J connectivity index is 1.29. The minimum absolute atomic E-state index is 0.378. The molecule has 2 aliphatic carbocycles. The van der Waals surface area contributed by atoms with E-state index in [0.29, 0.717) is 38.8 Å². The fourth-order valence-electron chi connectivity index (χ4n) is 2.92. The SMILES string of the molecule is [CH](COCOC1CCCCC1)OCCOC1CCCC1. The van der Waals surface area contributed by atoms with E-state index in [4.69, 9.17) is 18.9 Å². The van der Waals surface area contributed by atoms with Gasteiger partial charge in [0.25, 0.3) is 0 Å². The summed E-state index contributed by atoms with van der Waals surface area (Å²) in [6, 6.07) is 0. The minimum Gasteiger partial charge on any atom is -0.376 e. The van der Waals surface area contributed by atoms with Crippen LogP contribution in [0, 0.1) is 6.61 Å². The lowest BCUT2D eigenvalue weighted by molar-refractivity contribution is -0.101. The monoisotopic (exact) mass is 285 g/mol. The zero-order valence-electron chi connectivity index (χ0n) is 12.6. The van der Waals surface area contributed by atoms with Gasteiger partial charge in [-0.25, -0.2) is 0 Å². The largest absolute Gasteiger partial charge is 0.376 e. The highest BCUT2D eigenvalue weighted by Crippen LogP contribution is 2.21. The van der Waals surface area contributed by atoms with E-state index in [-0.39, 0.29) is 0 Å². The molecule has 0 atom stereocenters. The van der Waals surface area contributed by atoms with Gasteiger partial charge >= 0.3 is 0 Å². The zero-order chi connectivity index (χ0) is 13.9. The molecule has 1 radical (unpaired) electrons. The van der Waals surface area contributed by atoms with Crippen LogP contribution in [0.25, 0.3) is 0 Å². The van der Waals surface area contributed by atoms with Crippen LogP contribution in [0.2, 0.25) is 0 Å². The number of ether oxygens (including phenoxy) is 4. The van der Waals surface area contributed by atoms with Crippen molar-refractivity contribution in [3.05, 3.63) is 6.61 Å². The first kappa shape index (κ1) is 16.2. The van der Waals surface area contributed by atoms with Gasteiger partial charge in [0.15, 0.2) is 0 Å². The number of rotatable bonds is 10. The molecule has 0 aromatic carbocycles. The van der Waals surface area contributed by atoms with E-state index < -0.39 is 0 Å². The topological polar surface area (TPSA) is 36.9 Å². The van der Waals surface area contributed by atoms with Crippen LogP contribution in [0.15, 0.2) is 0 Å². The van der Waals surface area contributed by atoms with Crippen LogP contribution in [0.5, 0.6) is 0 Å². The summed E-state index contributed by atoms with van der Waals surface area (Å²) in [6.07, 6.45) is 12.2. The summed E-state index contributed by atoms with van der Waals surface area (Å²) < 4.78 is 22.1. The van der Waals surface area contributed by atoms with E-state index in [1.807, 2.05) is 0 Å². The van der Waals surface area contributed by atoms with E-state index in [1.165, 1.54) is 57.8 Å². The standard InChI is InChI=1S/C16H29O4/c1-2-6-16(7-3-1)20-14-18-11-10-17-12-13-19-15-8-4-5-9-15/h10,15-16H,1-9,11-14H2. The molecular weight excluding hydrogens is 256 g/mol. The van der Waals surface area contributed by atoms with E-state index >= 15 is 0 Å². The van der Waals surface area contributed by atoms with Gasteiger partial charge in [-0.05, 0) is 25.7 Å². The van der Waals surface area contributed by atoms with Gasteiger partial charge in [-0.15, -0.1) is 0 Å². The Kier molecular flexibility index (Phi) is 8.55. The Bertz CT molecular complexity index is 223. The maximum atomic E-state index is 5.70. The first-order valence-corrected chi connectivity index (χ1v) is 8.19. The predicted octanol–water partition coefficient (Wildman–Crippen LogP) is 3.45. The van der Waals surface area contributed by atoms with Gasteiger partial charge in [-0.2, -0.15) is 0 Å². The van der Waals surface area contributed by atoms with E-state index in [2.05, 4.69) is 0 Å². The molecule has 2 fully saturated rings. The van der Waals surface area contributed by atoms with Crippen molar-refractivity contribution >= 4 is 0 Å². The van der Waals surface area contributed by atoms with Crippen LogP contribution in [-0.2, 0) is 18.9 Å². The second-order valence-electron chi connectivity index (χ2n) is 5.73. The van der Waals surface area contributed by atoms with Crippen molar-refractivity contribution in [2.45, 2.75) is 70.0 Å². The quantitative estimate of drug-likeness (QED) is 0.455. The smallest absolute Gasteiger partial charge is 0.147 e. The molecule has 2 rings (SSSR count). The van der Waals surface area contributed by atoms with Crippen LogP contribution in [0.4, 0.5) is 0 Å². The Labute approximate surface area is 123 Å². The molecule has 0 aliphatic heterocycles. The van der Waals surface area contributed by atoms with Crippen LogP contribution < -0.4 is 0 Å². The van der Waals surface area contributed by atoms with Gasteiger partial charge in [0.05, 0.1) is 32.0 Å². The predicted molar refractivity (Wildman–Crippen MR) is 77.2 cm³/mol. The molecule has 0 saturated heterocycles. The van der Waals surface area contributed by atoms with Gasteiger partial charge in [0.1, 0.15) is 13.4 Å². The third-order valence-corrected chi connectivity index (χ3v) is 4.10. The molecule has 2 saturated carbocycles. The van der Waals surface area contributed by atoms with Crippen molar-refractivity contribution in [3.8, 4) is 0 Å².